The van der Waals surface area contributed by atoms with Crippen LogP contribution in [0.3, 0.4) is 0 Å². The molecule has 6 heteroatoms. The molecule has 5 rings (SSSR count). The van der Waals surface area contributed by atoms with Crippen LogP contribution in [0.4, 0.5) is 0 Å². The van der Waals surface area contributed by atoms with Gasteiger partial charge in [-0.25, -0.2) is 9.36 Å². The third-order valence-corrected chi connectivity index (χ3v) is 7.02. The standard InChI is InChI=1S/C30H31N3O3/c1-22-10-12-24(13-11-22)21-32-27-9-5-4-8-26(27)29(35)33(30(32)36)25-16-14-23(15-17-25)20-28(34)31-18-6-2-3-7-19-31/h4-5,8-17H,2-3,6-7,18-21H2,1H3. The maximum atomic E-state index is 13.6. The Bertz CT molecular complexity index is 1490. The number of likely N-dealkylation sites (tertiary alicyclic amines) is 1. The molecule has 184 valence electrons. The molecule has 0 unspecified atom stereocenters. The van der Waals surface area contributed by atoms with Crippen LogP contribution in [0.1, 0.15) is 42.4 Å². The number of carbonyl (C=O) groups is 1. The van der Waals surface area contributed by atoms with Crippen molar-refractivity contribution in [3.8, 4) is 5.69 Å². The number of hydrogen-bond acceptors (Lipinski definition) is 3. The van der Waals surface area contributed by atoms with Crippen LogP contribution >= 0.6 is 0 Å². The summed E-state index contributed by atoms with van der Waals surface area (Å²) >= 11 is 0. The molecule has 0 spiro atoms. The van der Waals surface area contributed by atoms with Gasteiger partial charge >= 0.3 is 5.69 Å². The lowest BCUT2D eigenvalue weighted by molar-refractivity contribution is -0.130. The Labute approximate surface area is 210 Å². The summed E-state index contributed by atoms with van der Waals surface area (Å²) < 4.78 is 2.88. The molecule has 1 aliphatic heterocycles. The van der Waals surface area contributed by atoms with Crippen molar-refractivity contribution < 1.29 is 4.79 Å². The van der Waals surface area contributed by atoms with Crippen LogP contribution in [0, 0.1) is 6.92 Å². The van der Waals surface area contributed by atoms with Gasteiger partial charge in [0, 0.05) is 13.1 Å². The first kappa shape index (κ1) is 23.8. The SMILES string of the molecule is Cc1ccc(Cn2c(=O)n(-c3ccc(CC(=O)N4CCCCCC4)cc3)c(=O)c3ccccc32)cc1. The zero-order valence-corrected chi connectivity index (χ0v) is 20.7. The van der Waals surface area contributed by atoms with E-state index in [-0.39, 0.29) is 17.2 Å². The summed E-state index contributed by atoms with van der Waals surface area (Å²) in [6.07, 6.45) is 4.81. The number of benzene rings is 3. The van der Waals surface area contributed by atoms with E-state index in [4.69, 9.17) is 0 Å². The maximum Gasteiger partial charge on any atom is 0.336 e. The van der Waals surface area contributed by atoms with Gasteiger partial charge in [0.25, 0.3) is 5.56 Å². The lowest BCUT2D eigenvalue weighted by Gasteiger charge is -2.20. The van der Waals surface area contributed by atoms with Gasteiger partial charge in [-0.2, -0.15) is 0 Å². The molecular formula is C30H31N3O3. The van der Waals surface area contributed by atoms with Crippen molar-refractivity contribution in [3.05, 3.63) is 110 Å². The fourth-order valence-corrected chi connectivity index (χ4v) is 4.95. The van der Waals surface area contributed by atoms with Crippen molar-refractivity contribution in [2.75, 3.05) is 13.1 Å². The van der Waals surface area contributed by atoms with E-state index in [1.54, 1.807) is 22.8 Å². The highest BCUT2D eigenvalue weighted by Gasteiger charge is 2.17. The number of para-hydroxylation sites is 1. The van der Waals surface area contributed by atoms with E-state index in [1.807, 2.05) is 66.4 Å². The lowest BCUT2D eigenvalue weighted by Crippen LogP contribution is -2.39. The number of carbonyl (C=O) groups excluding carboxylic acids is 1. The largest absolute Gasteiger partial charge is 0.342 e. The van der Waals surface area contributed by atoms with Gasteiger partial charge in [0.05, 0.1) is 29.6 Å². The van der Waals surface area contributed by atoms with Crippen LogP contribution < -0.4 is 11.2 Å². The first-order valence-electron chi connectivity index (χ1n) is 12.7. The Morgan fingerprint density at radius 3 is 2.11 bits per heavy atom. The van der Waals surface area contributed by atoms with Crippen LogP contribution in [0.2, 0.25) is 0 Å². The van der Waals surface area contributed by atoms with Crippen LogP contribution in [-0.4, -0.2) is 33.0 Å². The molecule has 1 amide bonds. The average Bonchev–Trinajstić information content (AvgIpc) is 3.19. The molecular weight excluding hydrogens is 450 g/mol. The average molecular weight is 482 g/mol. The minimum absolute atomic E-state index is 0.132. The molecule has 1 saturated heterocycles. The molecule has 3 aromatic carbocycles. The van der Waals surface area contributed by atoms with Gasteiger partial charge in [-0.1, -0.05) is 66.9 Å². The van der Waals surface area contributed by atoms with Crippen molar-refractivity contribution in [2.24, 2.45) is 0 Å². The van der Waals surface area contributed by atoms with E-state index >= 15 is 0 Å². The summed E-state index contributed by atoms with van der Waals surface area (Å²) in [5.74, 6) is 0.132. The first-order chi connectivity index (χ1) is 17.5. The van der Waals surface area contributed by atoms with Crippen LogP contribution in [0.15, 0.2) is 82.4 Å². The van der Waals surface area contributed by atoms with Crippen molar-refractivity contribution >= 4 is 16.8 Å². The molecule has 1 fully saturated rings. The van der Waals surface area contributed by atoms with E-state index < -0.39 is 0 Å². The van der Waals surface area contributed by atoms with Gasteiger partial charge in [0.15, 0.2) is 0 Å². The summed E-state index contributed by atoms with van der Waals surface area (Å²) in [6.45, 7) is 4.03. The number of rotatable bonds is 5. The minimum Gasteiger partial charge on any atom is -0.342 e. The van der Waals surface area contributed by atoms with Gasteiger partial charge in [-0.15, -0.1) is 0 Å². The van der Waals surface area contributed by atoms with Crippen molar-refractivity contribution in [1.82, 2.24) is 14.0 Å². The van der Waals surface area contributed by atoms with E-state index in [0.29, 0.717) is 29.6 Å². The summed E-state index contributed by atoms with van der Waals surface area (Å²) in [6, 6.07) is 22.5. The van der Waals surface area contributed by atoms with E-state index in [0.717, 1.165) is 42.6 Å². The van der Waals surface area contributed by atoms with Gasteiger partial charge in [0.1, 0.15) is 0 Å². The number of amides is 1. The molecule has 4 aromatic rings. The molecule has 2 heterocycles. The molecule has 0 atom stereocenters. The number of nitrogens with zero attached hydrogens (tertiary/aromatic N) is 3. The maximum absolute atomic E-state index is 13.6. The predicted molar refractivity (Wildman–Crippen MR) is 143 cm³/mol. The molecule has 6 nitrogen and oxygen atoms in total. The van der Waals surface area contributed by atoms with E-state index in [1.165, 1.54) is 17.4 Å². The topological polar surface area (TPSA) is 64.3 Å². The summed E-state index contributed by atoms with van der Waals surface area (Å²) in [7, 11) is 0. The van der Waals surface area contributed by atoms with Crippen LogP contribution in [0.5, 0.6) is 0 Å². The molecule has 0 saturated carbocycles. The third kappa shape index (κ3) is 4.89. The van der Waals surface area contributed by atoms with Crippen molar-refractivity contribution in [3.63, 3.8) is 0 Å². The minimum atomic E-state index is -0.382. The van der Waals surface area contributed by atoms with Gasteiger partial charge < -0.3 is 4.90 Å². The lowest BCUT2D eigenvalue weighted by atomic mass is 10.1. The number of hydrogen-bond donors (Lipinski definition) is 0. The molecule has 36 heavy (non-hydrogen) atoms. The zero-order chi connectivity index (χ0) is 25.1. The third-order valence-electron chi connectivity index (χ3n) is 7.02. The number of aromatic nitrogens is 2. The van der Waals surface area contributed by atoms with Gasteiger partial charge in [0.2, 0.25) is 5.91 Å². The van der Waals surface area contributed by atoms with E-state index in [2.05, 4.69) is 0 Å². The van der Waals surface area contributed by atoms with Crippen LogP contribution in [-0.2, 0) is 17.8 Å². The summed E-state index contributed by atoms with van der Waals surface area (Å²) in [5.41, 5.74) is 3.40. The molecule has 0 radical (unpaired) electrons. The highest BCUT2D eigenvalue weighted by Crippen LogP contribution is 2.15. The Morgan fingerprint density at radius 2 is 1.42 bits per heavy atom. The predicted octanol–water partition coefficient (Wildman–Crippen LogP) is 4.45. The highest BCUT2D eigenvalue weighted by atomic mass is 16.2. The second-order valence-electron chi connectivity index (χ2n) is 9.65. The number of aryl methyl sites for hydroxylation is 1. The normalized spacial score (nSPS) is 14.1. The Kier molecular flexibility index (Phi) is 6.85. The highest BCUT2D eigenvalue weighted by molar-refractivity contribution is 5.79. The van der Waals surface area contributed by atoms with Crippen LogP contribution in [0.25, 0.3) is 16.6 Å². The zero-order valence-electron chi connectivity index (χ0n) is 20.7. The Morgan fingerprint density at radius 1 is 0.778 bits per heavy atom. The summed E-state index contributed by atoms with van der Waals surface area (Å²) in [4.78, 5) is 41.8. The van der Waals surface area contributed by atoms with Gasteiger partial charge in [-0.05, 0) is 55.2 Å². The molecule has 0 bridgehead atoms. The monoisotopic (exact) mass is 481 g/mol. The fraction of sp³-hybridized carbons (Fsp3) is 0.300. The second kappa shape index (κ2) is 10.4. The molecule has 1 aliphatic rings. The fourth-order valence-electron chi connectivity index (χ4n) is 4.95. The molecule has 0 N–H and O–H groups in total. The quantitative estimate of drug-likeness (QED) is 0.423. The van der Waals surface area contributed by atoms with Crippen molar-refractivity contribution in [2.45, 2.75) is 45.6 Å². The Balaban J connectivity index is 1.49. The first-order valence-corrected chi connectivity index (χ1v) is 12.7. The van der Waals surface area contributed by atoms with Gasteiger partial charge in [-0.3, -0.25) is 14.2 Å². The smallest absolute Gasteiger partial charge is 0.336 e. The van der Waals surface area contributed by atoms with Crippen molar-refractivity contribution in [1.29, 1.82) is 0 Å². The summed E-state index contributed by atoms with van der Waals surface area (Å²) in [5, 5.41) is 0.490. The van der Waals surface area contributed by atoms with E-state index in [9.17, 15) is 14.4 Å². The molecule has 1 aromatic heterocycles. The molecule has 0 aliphatic carbocycles. The Hall–Kier alpha value is -3.93. The number of fused-ring (bicyclic) bond motifs is 1. The second-order valence-corrected chi connectivity index (χ2v) is 9.65.